The van der Waals surface area contributed by atoms with Gasteiger partial charge >= 0.3 is 17.9 Å². The molecule has 0 spiro atoms. The Balaban J connectivity index is 2.54. The number of primary amides is 4. The zero-order valence-corrected chi connectivity index (χ0v) is 50.7. The highest BCUT2D eigenvalue weighted by Crippen LogP contribution is 2.15. The summed E-state index contributed by atoms with van der Waals surface area (Å²) >= 11 is 0. The first-order chi connectivity index (χ1) is 43.1. The van der Waals surface area contributed by atoms with Crippen LogP contribution in [0, 0.1) is 5.92 Å². The minimum Gasteiger partial charge on any atom is -0.508 e. The SMILES string of the molecule is CC[C@H](C)[C@H](NC(=O)[C@H](CC(N)=O)NC(=O)[C@H](CCC(N)=O)NC(=O)[C@@H](N)CCC(N)=O)C(=O)N[C@H](C(=O)N[C@@H](CCC(=O)O)C(=O)N[C@@H](CCC(=O)O)C(=O)N[C@@H](Cc1ccccc1)C(=O)N[C@@H](Cc1ccc(O)cc1)C(=O)N[C@@H](CCC(N)=O)C(=O)O)[C@@H](C)O. The predicted octanol–water partition coefficient (Wildman–Crippen LogP) is -6.22. The van der Waals surface area contributed by atoms with Crippen molar-refractivity contribution in [3.8, 4) is 5.75 Å². The van der Waals surface area contributed by atoms with Crippen molar-refractivity contribution in [3.05, 3.63) is 65.7 Å². The highest BCUT2D eigenvalue weighted by Gasteiger charge is 2.38. The van der Waals surface area contributed by atoms with Crippen LogP contribution in [0.5, 0.6) is 5.75 Å². The van der Waals surface area contributed by atoms with Crippen molar-refractivity contribution in [2.75, 3.05) is 0 Å². The molecule has 92 heavy (non-hydrogen) atoms. The van der Waals surface area contributed by atoms with Gasteiger partial charge in [-0.05, 0) is 68.2 Å². The number of nitrogens with two attached hydrogens (primary N) is 5. The van der Waals surface area contributed by atoms with Gasteiger partial charge in [-0.1, -0.05) is 62.7 Å². The normalized spacial score (nSPS) is 14.8. The van der Waals surface area contributed by atoms with Crippen LogP contribution in [0.25, 0.3) is 0 Å². The molecule has 0 radical (unpaired) electrons. The van der Waals surface area contributed by atoms with Crippen LogP contribution in [0.3, 0.4) is 0 Å². The molecular formula is C57H82N14O21. The second-order valence-electron chi connectivity index (χ2n) is 21.6. The Kier molecular flexibility index (Phi) is 32.9. The number of carboxylic acid groups (broad SMARTS) is 3. The molecule has 2 aromatic rings. The molecule has 35 heteroatoms. The van der Waals surface area contributed by atoms with Crippen LogP contribution < -0.4 is 76.5 Å². The average Bonchev–Trinajstić information content (AvgIpc) is 0.990. The van der Waals surface area contributed by atoms with Gasteiger partial charge in [-0.3, -0.25) is 71.9 Å². The molecule has 2 aromatic carbocycles. The van der Waals surface area contributed by atoms with Crippen LogP contribution in [0.2, 0.25) is 0 Å². The molecule has 13 amide bonds. The van der Waals surface area contributed by atoms with E-state index in [1.165, 1.54) is 31.2 Å². The lowest BCUT2D eigenvalue weighted by molar-refractivity contribution is -0.143. The maximum absolute atomic E-state index is 14.4. The van der Waals surface area contributed by atoms with Gasteiger partial charge in [-0.25, -0.2) is 4.79 Å². The van der Waals surface area contributed by atoms with E-state index in [-0.39, 0.29) is 37.9 Å². The second kappa shape index (κ2) is 38.9. The third-order valence-corrected chi connectivity index (χ3v) is 14.0. The Bertz CT molecular complexity index is 2970. The zero-order valence-electron chi connectivity index (χ0n) is 50.7. The molecule has 0 saturated heterocycles. The van der Waals surface area contributed by atoms with Gasteiger partial charge in [0.2, 0.25) is 76.8 Å². The predicted molar refractivity (Wildman–Crippen MR) is 319 cm³/mol. The summed E-state index contributed by atoms with van der Waals surface area (Å²) in [5.41, 5.74) is 27.5. The molecule has 0 aliphatic rings. The van der Waals surface area contributed by atoms with Crippen molar-refractivity contribution in [2.45, 2.75) is 177 Å². The molecule has 24 N–H and O–H groups in total. The lowest BCUT2D eigenvalue weighted by Crippen LogP contribution is -2.63. The fourth-order valence-corrected chi connectivity index (χ4v) is 8.65. The number of carbonyl (C=O) groups excluding carboxylic acids is 13. The van der Waals surface area contributed by atoms with Crippen LogP contribution in [-0.4, -0.2) is 187 Å². The Morgan fingerprint density at radius 2 is 0.750 bits per heavy atom. The van der Waals surface area contributed by atoms with Crippen LogP contribution in [0.15, 0.2) is 54.6 Å². The highest BCUT2D eigenvalue weighted by atomic mass is 16.4. The third kappa shape index (κ3) is 28.9. The van der Waals surface area contributed by atoms with Crippen molar-refractivity contribution < 1.29 is 102 Å². The maximum atomic E-state index is 14.4. The molecular weight excluding hydrogens is 1220 g/mol. The standard InChI is InChI=1S/C57H82N14O21/c1-4-27(2)46(70-54(88)39(26-43(62)77)69-50(84)33(15-20-41(60)75)63-48(82)32(58)14-19-40(59)74)55(89)71-47(28(3)72)56(90)65-35(18-23-45(80)81)49(83)64-34(17-22-44(78)79)51(85)67-37(24-29-8-6-5-7-9-29)53(87)68-38(25-30-10-12-31(73)13-11-30)52(86)66-36(57(91)92)16-21-42(61)76/h5-13,27-28,32-39,46-47,72-73H,4,14-26,58H2,1-3H3,(H2,59,74)(H2,60,75)(H2,61,76)(H2,62,77)(H,63,82)(H,64,83)(H,65,90)(H,66,86)(H,67,85)(H,68,87)(H,69,84)(H,70,88)(H,71,89)(H,78,79)(H,80,81)(H,91,92)/t27-,28+,32-,33-,34-,35-,36-,37-,38-,39-,46-,47-/m0/s1. The second-order valence-corrected chi connectivity index (χ2v) is 21.6. The minimum atomic E-state index is -2.05. The van der Waals surface area contributed by atoms with Gasteiger partial charge in [-0.2, -0.15) is 0 Å². The number of carboxylic acids is 3. The molecule has 2 rings (SSSR count). The summed E-state index contributed by atoms with van der Waals surface area (Å²) in [6, 6.07) is -4.37. The molecule has 0 heterocycles. The molecule has 0 bridgehead atoms. The first-order valence-electron chi connectivity index (χ1n) is 28.9. The van der Waals surface area contributed by atoms with E-state index < -0.39 is 225 Å². The molecule has 506 valence electrons. The summed E-state index contributed by atoms with van der Waals surface area (Å²) in [5.74, 6) is -20.1. The van der Waals surface area contributed by atoms with E-state index in [0.29, 0.717) is 11.1 Å². The number of amides is 13. The van der Waals surface area contributed by atoms with E-state index in [9.17, 15) is 102 Å². The fraction of sp³-hybridized carbons (Fsp3) is 0.509. The number of aliphatic hydroxyl groups is 1. The fourth-order valence-electron chi connectivity index (χ4n) is 8.65. The monoisotopic (exact) mass is 1300 g/mol. The quantitative estimate of drug-likeness (QED) is 0.0294. The van der Waals surface area contributed by atoms with Crippen molar-refractivity contribution in [3.63, 3.8) is 0 Å². The van der Waals surface area contributed by atoms with Crippen LogP contribution in [0.1, 0.15) is 109 Å². The van der Waals surface area contributed by atoms with Crippen LogP contribution in [0.4, 0.5) is 0 Å². The van der Waals surface area contributed by atoms with Crippen molar-refractivity contribution in [1.29, 1.82) is 0 Å². The van der Waals surface area contributed by atoms with E-state index >= 15 is 0 Å². The summed E-state index contributed by atoms with van der Waals surface area (Å²) in [7, 11) is 0. The van der Waals surface area contributed by atoms with Crippen LogP contribution >= 0.6 is 0 Å². The Morgan fingerprint density at radius 1 is 0.402 bits per heavy atom. The van der Waals surface area contributed by atoms with E-state index in [1.54, 1.807) is 37.3 Å². The van der Waals surface area contributed by atoms with Gasteiger partial charge in [0, 0.05) is 44.9 Å². The maximum Gasteiger partial charge on any atom is 0.326 e. The van der Waals surface area contributed by atoms with Gasteiger partial charge < -0.3 is 102 Å². The highest BCUT2D eigenvalue weighted by molar-refractivity contribution is 6.00. The van der Waals surface area contributed by atoms with E-state index in [0.717, 1.165) is 6.92 Å². The number of hydrogen-bond acceptors (Lipinski definition) is 19. The molecule has 0 aliphatic heterocycles. The first kappa shape index (κ1) is 77.8. The number of nitrogens with one attached hydrogen (secondary N) is 9. The Morgan fingerprint density at radius 3 is 1.17 bits per heavy atom. The topological polar surface area (TPSA) is 613 Å². The van der Waals surface area contributed by atoms with Gasteiger partial charge in [0.25, 0.3) is 0 Å². The smallest absolute Gasteiger partial charge is 0.326 e. The number of phenols is 1. The van der Waals surface area contributed by atoms with Gasteiger partial charge in [-0.15, -0.1) is 0 Å². The number of carbonyl (C=O) groups is 16. The average molecular weight is 1300 g/mol. The largest absolute Gasteiger partial charge is 0.508 e. The van der Waals surface area contributed by atoms with Crippen molar-refractivity contribution >= 4 is 94.7 Å². The lowest BCUT2D eigenvalue weighted by atomic mass is 9.96. The molecule has 0 aliphatic carbocycles. The number of aromatic hydroxyl groups is 1. The molecule has 12 atom stereocenters. The molecule has 0 fully saturated rings. The number of rotatable bonds is 43. The van der Waals surface area contributed by atoms with Gasteiger partial charge in [0.15, 0.2) is 0 Å². The number of phenolic OH excluding ortho intramolecular Hbond substituents is 1. The van der Waals surface area contributed by atoms with Crippen LogP contribution in [-0.2, 0) is 89.6 Å². The van der Waals surface area contributed by atoms with Gasteiger partial charge in [0.1, 0.15) is 60.1 Å². The lowest BCUT2D eigenvalue weighted by Gasteiger charge is -2.30. The number of aliphatic hydroxyl groups excluding tert-OH is 1. The summed E-state index contributed by atoms with van der Waals surface area (Å²) in [5, 5.41) is 70.7. The third-order valence-electron chi connectivity index (χ3n) is 14.0. The molecule has 0 saturated carbocycles. The number of aliphatic carboxylic acids is 3. The van der Waals surface area contributed by atoms with Crippen molar-refractivity contribution in [2.24, 2.45) is 34.6 Å². The minimum absolute atomic E-state index is 0.105. The number of hydrogen-bond donors (Lipinski definition) is 19. The van der Waals surface area contributed by atoms with E-state index in [4.69, 9.17) is 28.7 Å². The van der Waals surface area contributed by atoms with Gasteiger partial charge in [0.05, 0.1) is 18.6 Å². The summed E-state index contributed by atoms with van der Waals surface area (Å²) < 4.78 is 0. The first-order valence-corrected chi connectivity index (χ1v) is 28.9. The van der Waals surface area contributed by atoms with E-state index in [1.807, 2.05) is 0 Å². The molecule has 35 nitrogen and oxygen atoms in total. The molecule has 0 unspecified atom stereocenters. The summed E-state index contributed by atoms with van der Waals surface area (Å²) in [6.45, 7) is 4.04. The number of benzene rings is 2. The summed E-state index contributed by atoms with van der Waals surface area (Å²) in [4.78, 5) is 208. The zero-order chi connectivity index (χ0) is 69.5. The Labute approximate surface area is 526 Å². The van der Waals surface area contributed by atoms with E-state index in [2.05, 4.69) is 47.9 Å². The molecule has 0 aromatic heterocycles. The summed E-state index contributed by atoms with van der Waals surface area (Å²) in [6.07, 6.45) is -8.98. The Hall–Kier alpha value is -10.3. The van der Waals surface area contributed by atoms with Crippen molar-refractivity contribution in [1.82, 2.24) is 47.9 Å².